The van der Waals surface area contributed by atoms with Gasteiger partial charge in [0.05, 0.1) is 23.7 Å². The Balaban J connectivity index is 1.91. The Bertz CT molecular complexity index is 797. The van der Waals surface area contributed by atoms with E-state index in [-0.39, 0.29) is 17.7 Å². The van der Waals surface area contributed by atoms with Gasteiger partial charge in [-0.1, -0.05) is 18.2 Å². The molecule has 130 valence electrons. The van der Waals surface area contributed by atoms with Crippen LogP contribution in [0.5, 0.6) is 0 Å². The third kappa shape index (κ3) is 3.96. The molecule has 0 bridgehead atoms. The lowest BCUT2D eigenvalue weighted by atomic mass is 9.94. The van der Waals surface area contributed by atoms with Crippen LogP contribution in [-0.2, 0) is 9.53 Å². The van der Waals surface area contributed by atoms with E-state index in [1.165, 1.54) is 18.2 Å². The highest BCUT2D eigenvalue weighted by atomic mass is 32.1. The molecule has 25 heavy (non-hydrogen) atoms. The van der Waals surface area contributed by atoms with Crippen molar-refractivity contribution in [1.29, 1.82) is 0 Å². The zero-order valence-electron chi connectivity index (χ0n) is 14.1. The van der Waals surface area contributed by atoms with Crippen molar-refractivity contribution in [3.05, 3.63) is 69.8 Å². The van der Waals surface area contributed by atoms with Crippen LogP contribution in [0.4, 0.5) is 4.39 Å². The fourth-order valence-electron chi connectivity index (χ4n) is 2.76. The first-order chi connectivity index (χ1) is 12.1. The van der Waals surface area contributed by atoms with Gasteiger partial charge in [0.2, 0.25) is 0 Å². The molecule has 4 nitrogen and oxygen atoms in total. The maximum atomic E-state index is 13.3. The molecule has 0 saturated carbocycles. The van der Waals surface area contributed by atoms with E-state index in [1.807, 2.05) is 24.4 Å². The number of carbonyl (C=O) groups is 1. The van der Waals surface area contributed by atoms with Crippen LogP contribution in [0, 0.1) is 5.82 Å². The van der Waals surface area contributed by atoms with Gasteiger partial charge in [-0.15, -0.1) is 11.3 Å². The number of carbonyl (C=O) groups excluding carboxylic acids is 1. The van der Waals surface area contributed by atoms with Gasteiger partial charge in [-0.2, -0.15) is 5.10 Å². The highest BCUT2D eigenvalue weighted by molar-refractivity contribution is 7.12. The smallest absolute Gasteiger partial charge is 0.332 e. The first kappa shape index (κ1) is 17.4. The molecule has 0 fully saturated rings. The number of allylic oxidation sites excluding steroid dienone is 1. The highest BCUT2D eigenvalue weighted by Gasteiger charge is 2.30. The SMILES string of the molecule is CCOC(=O)/C=C(/C)N1CC(c2ccc(F)cc2)C(c2cccs2)=N1. The number of benzene rings is 1. The van der Waals surface area contributed by atoms with Crippen LogP contribution in [0.25, 0.3) is 0 Å². The molecule has 1 aliphatic heterocycles. The van der Waals surface area contributed by atoms with E-state index in [0.29, 0.717) is 13.2 Å². The molecule has 0 aliphatic carbocycles. The minimum atomic E-state index is -0.377. The summed E-state index contributed by atoms with van der Waals surface area (Å²) in [6, 6.07) is 10.5. The first-order valence-corrected chi connectivity index (χ1v) is 8.97. The highest BCUT2D eigenvalue weighted by Crippen LogP contribution is 2.32. The van der Waals surface area contributed by atoms with Gasteiger partial charge in [-0.3, -0.25) is 5.01 Å². The third-order valence-corrected chi connectivity index (χ3v) is 4.87. The normalized spacial score (nSPS) is 17.6. The van der Waals surface area contributed by atoms with Crippen molar-refractivity contribution in [2.45, 2.75) is 19.8 Å². The van der Waals surface area contributed by atoms with Gasteiger partial charge in [0.1, 0.15) is 5.82 Å². The molecule has 1 aromatic carbocycles. The summed E-state index contributed by atoms with van der Waals surface area (Å²) in [4.78, 5) is 12.8. The Kier molecular flexibility index (Phi) is 5.28. The maximum absolute atomic E-state index is 13.3. The lowest BCUT2D eigenvalue weighted by Gasteiger charge is -2.16. The molecule has 3 rings (SSSR count). The van der Waals surface area contributed by atoms with Gasteiger partial charge < -0.3 is 4.74 Å². The van der Waals surface area contributed by atoms with Crippen LogP contribution in [0.3, 0.4) is 0 Å². The van der Waals surface area contributed by atoms with Crippen LogP contribution in [0.2, 0.25) is 0 Å². The van der Waals surface area contributed by atoms with Crippen molar-refractivity contribution in [2.75, 3.05) is 13.2 Å². The largest absolute Gasteiger partial charge is 0.463 e. The average Bonchev–Trinajstić information content (AvgIpc) is 3.25. The average molecular weight is 358 g/mol. The predicted octanol–water partition coefficient (Wildman–Crippen LogP) is 4.16. The standard InChI is InChI=1S/C19H19FN2O2S/c1-3-24-18(23)11-13(2)22-12-16(14-6-8-15(20)9-7-14)19(21-22)17-5-4-10-25-17/h4-11,16H,3,12H2,1-2H3/b13-11-. The predicted molar refractivity (Wildman–Crippen MR) is 97.1 cm³/mol. The lowest BCUT2D eigenvalue weighted by molar-refractivity contribution is -0.137. The molecule has 2 aromatic rings. The summed E-state index contributed by atoms with van der Waals surface area (Å²) in [5, 5.41) is 8.52. The molecule has 1 unspecified atom stereocenters. The van der Waals surface area contributed by atoms with Gasteiger partial charge in [0.25, 0.3) is 0 Å². The Labute approximate surface area is 150 Å². The number of hydrogen-bond donors (Lipinski definition) is 0. The van der Waals surface area contributed by atoms with Crippen LogP contribution in [-0.4, -0.2) is 29.8 Å². The fourth-order valence-corrected chi connectivity index (χ4v) is 3.52. The minimum absolute atomic E-state index is 0.0183. The quantitative estimate of drug-likeness (QED) is 0.595. The minimum Gasteiger partial charge on any atom is -0.463 e. The van der Waals surface area contributed by atoms with Gasteiger partial charge in [-0.25, -0.2) is 9.18 Å². The van der Waals surface area contributed by atoms with Crippen LogP contribution < -0.4 is 0 Å². The van der Waals surface area contributed by atoms with Crippen LogP contribution in [0.15, 0.2) is 58.7 Å². The van der Waals surface area contributed by atoms with E-state index >= 15 is 0 Å². The van der Waals surface area contributed by atoms with Gasteiger partial charge in [-0.05, 0) is 43.0 Å². The Hall–Kier alpha value is -2.47. The van der Waals surface area contributed by atoms with Crippen molar-refractivity contribution in [1.82, 2.24) is 5.01 Å². The molecule has 0 spiro atoms. The van der Waals surface area contributed by atoms with E-state index in [0.717, 1.165) is 21.8 Å². The van der Waals surface area contributed by atoms with Crippen molar-refractivity contribution in [3.63, 3.8) is 0 Å². The molecular formula is C19H19FN2O2S. The zero-order chi connectivity index (χ0) is 17.8. The number of thiophene rings is 1. The second kappa shape index (κ2) is 7.61. The number of halogens is 1. The van der Waals surface area contributed by atoms with E-state index in [9.17, 15) is 9.18 Å². The number of hydrogen-bond acceptors (Lipinski definition) is 5. The summed E-state index contributed by atoms with van der Waals surface area (Å²) in [6.07, 6.45) is 1.45. The Morgan fingerprint density at radius 3 is 2.80 bits per heavy atom. The number of ether oxygens (including phenoxy) is 1. The van der Waals surface area contributed by atoms with E-state index < -0.39 is 0 Å². The van der Waals surface area contributed by atoms with E-state index in [4.69, 9.17) is 9.84 Å². The molecule has 0 saturated heterocycles. The van der Waals surface area contributed by atoms with E-state index in [1.54, 1.807) is 35.4 Å². The monoisotopic (exact) mass is 358 g/mol. The summed E-state index contributed by atoms with van der Waals surface area (Å²) in [7, 11) is 0. The molecule has 2 heterocycles. The molecular weight excluding hydrogens is 339 g/mol. The van der Waals surface area contributed by atoms with Gasteiger partial charge in [0.15, 0.2) is 0 Å². The zero-order valence-corrected chi connectivity index (χ0v) is 14.9. The van der Waals surface area contributed by atoms with Crippen LogP contribution >= 0.6 is 11.3 Å². The number of rotatable bonds is 5. The van der Waals surface area contributed by atoms with Crippen molar-refractivity contribution < 1.29 is 13.9 Å². The molecule has 1 aromatic heterocycles. The number of esters is 1. The number of nitrogens with zero attached hydrogens (tertiary/aromatic N) is 2. The maximum Gasteiger partial charge on any atom is 0.332 e. The molecule has 6 heteroatoms. The topological polar surface area (TPSA) is 41.9 Å². The molecule has 1 atom stereocenters. The van der Waals surface area contributed by atoms with Crippen molar-refractivity contribution in [2.24, 2.45) is 5.10 Å². The third-order valence-electron chi connectivity index (χ3n) is 3.98. The van der Waals surface area contributed by atoms with E-state index in [2.05, 4.69) is 0 Å². The number of hydrazone groups is 1. The summed E-state index contributed by atoms with van der Waals surface area (Å²) < 4.78 is 18.2. The summed E-state index contributed by atoms with van der Waals surface area (Å²) in [5.74, 6) is -0.616. The van der Waals surface area contributed by atoms with Crippen molar-refractivity contribution in [3.8, 4) is 0 Å². The Morgan fingerprint density at radius 2 is 2.16 bits per heavy atom. The lowest BCUT2D eigenvalue weighted by Crippen LogP contribution is -2.18. The molecule has 0 N–H and O–H groups in total. The Morgan fingerprint density at radius 1 is 1.40 bits per heavy atom. The van der Waals surface area contributed by atoms with Crippen LogP contribution in [0.1, 0.15) is 30.2 Å². The first-order valence-electron chi connectivity index (χ1n) is 8.09. The summed E-state index contributed by atoms with van der Waals surface area (Å²) in [6.45, 7) is 4.54. The van der Waals surface area contributed by atoms with Gasteiger partial charge in [0, 0.05) is 17.7 Å². The molecule has 0 amide bonds. The molecule has 1 aliphatic rings. The van der Waals surface area contributed by atoms with Crippen molar-refractivity contribution >= 4 is 23.0 Å². The summed E-state index contributed by atoms with van der Waals surface area (Å²) >= 11 is 1.61. The fraction of sp³-hybridized carbons (Fsp3) is 0.263. The second-order valence-electron chi connectivity index (χ2n) is 5.69. The van der Waals surface area contributed by atoms with Gasteiger partial charge >= 0.3 is 5.97 Å². The second-order valence-corrected chi connectivity index (χ2v) is 6.63. The summed E-state index contributed by atoms with van der Waals surface area (Å²) in [5.41, 5.74) is 2.65. The molecule has 0 radical (unpaired) electrons.